The fraction of sp³-hybridized carbons (Fsp3) is 0.419. The van der Waals surface area contributed by atoms with Crippen LogP contribution in [-0.2, 0) is 12.8 Å². The minimum atomic E-state index is -1.14. The first-order valence-corrected chi connectivity index (χ1v) is 14.0. The number of phenolic OH excluding ortho intramolecular Hbond substituents is 2. The van der Waals surface area contributed by atoms with Crippen molar-refractivity contribution in [2.75, 3.05) is 0 Å². The predicted molar refractivity (Wildman–Crippen MR) is 149 cm³/mol. The summed E-state index contributed by atoms with van der Waals surface area (Å²) in [7, 11) is -1.14. The summed E-state index contributed by atoms with van der Waals surface area (Å²) in [5.74, 6) is 0.807. The molecule has 0 spiro atoms. The fourth-order valence-corrected chi connectivity index (χ4v) is 7.97. The summed E-state index contributed by atoms with van der Waals surface area (Å²) in [6, 6.07) is 13.0. The lowest BCUT2D eigenvalue weighted by Gasteiger charge is -2.27. The number of hydrogen-bond acceptors (Lipinski definition) is 2. The molecule has 0 atom stereocenters. The molecule has 0 aliphatic carbocycles. The van der Waals surface area contributed by atoms with E-state index in [9.17, 15) is 10.2 Å². The van der Waals surface area contributed by atoms with Crippen molar-refractivity contribution < 1.29 is 10.2 Å². The Kier molecular flexibility index (Phi) is 8.83. The van der Waals surface area contributed by atoms with Gasteiger partial charge in [-0.1, -0.05) is 56.5 Å². The summed E-state index contributed by atoms with van der Waals surface area (Å²) < 4.78 is 0. The molecule has 0 radical (unpaired) electrons. The maximum Gasteiger partial charge on any atom is 0.127 e. The van der Waals surface area contributed by atoms with Crippen molar-refractivity contribution in [3.05, 3.63) is 75.3 Å². The Labute approximate surface area is 207 Å². The van der Waals surface area contributed by atoms with E-state index in [0.29, 0.717) is 11.5 Å². The van der Waals surface area contributed by atoms with E-state index in [1.807, 2.05) is 0 Å². The first-order valence-electron chi connectivity index (χ1n) is 12.7. The number of hydrogen-bond donors (Lipinski definition) is 2. The van der Waals surface area contributed by atoms with Crippen molar-refractivity contribution >= 4 is 23.8 Å². The third-order valence-electron chi connectivity index (χ3n) is 6.57. The van der Waals surface area contributed by atoms with Crippen LogP contribution < -0.4 is 15.9 Å². The van der Waals surface area contributed by atoms with Gasteiger partial charge in [0.15, 0.2) is 0 Å². The van der Waals surface area contributed by atoms with Gasteiger partial charge in [0, 0.05) is 10.6 Å². The van der Waals surface area contributed by atoms with Crippen LogP contribution in [0.15, 0.2) is 36.4 Å². The molecule has 0 bridgehead atoms. The molecule has 0 aromatic heterocycles. The highest BCUT2D eigenvalue weighted by atomic mass is 31.1. The predicted octanol–water partition coefficient (Wildman–Crippen LogP) is 7.08. The van der Waals surface area contributed by atoms with Crippen LogP contribution in [-0.4, -0.2) is 10.2 Å². The number of aryl methyl sites for hydroxylation is 7. The molecular formula is C31H41O2P. The summed E-state index contributed by atoms with van der Waals surface area (Å²) in [6.45, 7) is 15.1. The van der Waals surface area contributed by atoms with Crippen LogP contribution in [0.5, 0.6) is 11.5 Å². The normalized spacial score (nSPS) is 11.4. The van der Waals surface area contributed by atoms with Gasteiger partial charge >= 0.3 is 0 Å². The van der Waals surface area contributed by atoms with Crippen molar-refractivity contribution in [2.45, 2.75) is 87.0 Å². The average Bonchev–Trinajstić information content (AvgIpc) is 2.77. The molecule has 0 unspecified atom stereocenters. The van der Waals surface area contributed by atoms with E-state index in [-0.39, 0.29) is 0 Å². The summed E-state index contributed by atoms with van der Waals surface area (Å²) in [4.78, 5) is 0. The largest absolute Gasteiger partial charge is 0.507 e. The van der Waals surface area contributed by atoms with Gasteiger partial charge in [-0.05, 0) is 119 Å². The number of aromatic hydroxyl groups is 2. The zero-order chi connectivity index (χ0) is 25.0. The maximum atomic E-state index is 11.6. The quantitative estimate of drug-likeness (QED) is 0.324. The maximum absolute atomic E-state index is 11.6. The fourth-order valence-electron chi connectivity index (χ4n) is 5.02. The van der Waals surface area contributed by atoms with Crippen LogP contribution in [0.2, 0.25) is 0 Å². The SMILES string of the molecule is CCCCc1cc(C)cc(P(c2cc(C)cc(CCCC)c2O)c2c(C)cc(C)cc2C)c1O. The topological polar surface area (TPSA) is 40.5 Å². The molecule has 3 aromatic carbocycles. The highest BCUT2D eigenvalue weighted by Crippen LogP contribution is 2.44. The highest BCUT2D eigenvalue weighted by Gasteiger charge is 2.28. The van der Waals surface area contributed by atoms with Crippen molar-refractivity contribution in [1.82, 2.24) is 0 Å². The van der Waals surface area contributed by atoms with E-state index >= 15 is 0 Å². The smallest absolute Gasteiger partial charge is 0.127 e. The Morgan fingerprint density at radius 2 is 0.971 bits per heavy atom. The van der Waals surface area contributed by atoms with Crippen LogP contribution in [0.3, 0.4) is 0 Å². The first-order chi connectivity index (χ1) is 16.2. The van der Waals surface area contributed by atoms with Gasteiger partial charge in [0.1, 0.15) is 11.5 Å². The first kappa shape index (κ1) is 26.3. The van der Waals surface area contributed by atoms with Gasteiger partial charge in [-0.3, -0.25) is 0 Å². The second-order valence-electron chi connectivity index (χ2n) is 9.87. The molecule has 0 amide bonds. The Bertz CT molecular complexity index is 1080. The van der Waals surface area contributed by atoms with Gasteiger partial charge in [-0.2, -0.15) is 0 Å². The minimum Gasteiger partial charge on any atom is -0.507 e. The van der Waals surface area contributed by atoms with E-state index in [2.05, 4.69) is 84.9 Å². The van der Waals surface area contributed by atoms with Crippen LogP contribution in [0.25, 0.3) is 0 Å². The van der Waals surface area contributed by atoms with Gasteiger partial charge in [0.25, 0.3) is 0 Å². The van der Waals surface area contributed by atoms with Crippen molar-refractivity contribution in [3.63, 3.8) is 0 Å². The molecular weight excluding hydrogens is 435 g/mol. The molecule has 0 heterocycles. The Hall–Kier alpha value is -2.31. The lowest BCUT2D eigenvalue weighted by molar-refractivity contribution is 0.470. The standard InChI is InChI=1S/C31H41O2P/c1-8-10-12-25-16-21(4)18-27(29(25)32)34(31-23(6)14-20(3)15-24(31)7)28-19-22(5)17-26(30(28)33)13-11-9-2/h14-19,32-33H,8-13H2,1-7H3. The lowest BCUT2D eigenvalue weighted by Crippen LogP contribution is -2.26. The Morgan fingerprint density at radius 3 is 1.35 bits per heavy atom. The molecule has 2 nitrogen and oxygen atoms in total. The van der Waals surface area contributed by atoms with Gasteiger partial charge < -0.3 is 10.2 Å². The zero-order valence-electron chi connectivity index (χ0n) is 22.0. The molecule has 0 saturated heterocycles. The molecule has 3 heteroatoms. The molecule has 3 rings (SSSR count). The third-order valence-corrected chi connectivity index (χ3v) is 9.36. The minimum absolute atomic E-state index is 0.403. The Balaban J connectivity index is 2.36. The molecule has 0 aliphatic rings. The zero-order valence-corrected chi connectivity index (χ0v) is 22.9. The molecule has 3 aromatic rings. The van der Waals surface area contributed by atoms with Crippen LogP contribution in [0.4, 0.5) is 0 Å². The lowest BCUT2D eigenvalue weighted by atomic mass is 10.0. The average molecular weight is 477 g/mol. The summed E-state index contributed by atoms with van der Waals surface area (Å²) in [6.07, 6.45) is 6.02. The van der Waals surface area contributed by atoms with E-state index in [4.69, 9.17) is 0 Å². The summed E-state index contributed by atoms with van der Waals surface area (Å²) >= 11 is 0. The summed E-state index contributed by atoms with van der Waals surface area (Å²) in [5, 5.41) is 26.3. The van der Waals surface area contributed by atoms with Crippen molar-refractivity contribution in [1.29, 1.82) is 0 Å². The van der Waals surface area contributed by atoms with Gasteiger partial charge in [0.2, 0.25) is 0 Å². The number of unbranched alkanes of at least 4 members (excludes halogenated alkanes) is 2. The van der Waals surface area contributed by atoms with Crippen LogP contribution in [0.1, 0.15) is 78.5 Å². The van der Waals surface area contributed by atoms with Crippen LogP contribution >= 0.6 is 7.92 Å². The van der Waals surface area contributed by atoms with E-state index in [1.165, 1.54) is 22.0 Å². The monoisotopic (exact) mass is 476 g/mol. The van der Waals surface area contributed by atoms with Crippen molar-refractivity contribution in [2.24, 2.45) is 0 Å². The van der Waals surface area contributed by atoms with Gasteiger partial charge in [0.05, 0.1) is 0 Å². The molecule has 34 heavy (non-hydrogen) atoms. The molecule has 0 fully saturated rings. The van der Waals surface area contributed by atoms with E-state index in [1.54, 1.807) is 0 Å². The van der Waals surface area contributed by atoms with E-state index < -0.39 is 7.92 Å². The van der Waals surface area contributed by atoms with Gasteiger partial charge in [-0.15, -0.1) is 0 Å². The second-order valence-corrected chi connectivity index (χ2v) is 12.0. The second kappa shape index (κ2) is 11.4. The summed E-state index contributed by atoms with van der Waals surface area (Å²) in [5.41, 5.74) is 8.03. The molecule has 2 N–H and O–H groups in total. The number of benzene rings is 3. The molecule has 0 saturated carbocycles. The Morgan fingerprint density at radius 1 is 0.588 bits per heavy atom. The van der Waals surface area contributed by atoms with Gasteiger partial charge in [-0.25, -0.2) is 0 Å². The highest BCUT2D eigenvalue weighted by molar-refractivity contribution is 7.80. The number of phenols is 2. The van der Waals surface area contributed by atoms with Crippen molar-refractivity contribution in [3.8, 4) is 11.5 Å². The van der Waals surface area contributed by atoms with Crippen LogP contribution in [0, 0.1) is 34.6 Å². The molecule has 182 valence electrons. The van der Waals surface area contributed by atoms with E-state index in [0.717, 1.165) is 71.4 Å². The third kappa shape index (κ3) is 5.66. The number of rotatable bonds is 9. The molecule has 0 aliphatic heterocycles.